The average Bonchev–Trinajstić information content (AvgIpc) is 2.10. The topological polar surface area (TPSA) is 21.3 Å². The molecule has 0 amide bonds. The maximum absolute atomic E-state index is 5.65. The smallest absolute Gasteiger partial charge is 0.0462 e. The fraction of sp³-hybridized carbons (Fsp3) is 0.750. The summed E-state index contributed by atoms with van der Waals surface area (Å²) < 4.78 is 4.90. The molecule has 0 atom stereocenters. The first kappa shape index (κ1) is 12.2. The van der Waals surface area contributed by atoms with Crippen LogP contribution in [0, 0.1) is 0 Å². The van der Waals surface area contributed by atoms with Gasteiger partial charge in [0.25, 0.3) is 0 Å². The van der Waals surface area contributed by atoms with Gasteiger partial charge in [-0.2, -0.15) is 0 Å². The second-order valence-corrected chi connectivity index (χ2v) is 3.14. The Morgan fingerprint density at radius 3 is 2.83 bits per heavy atom. The molecule has 72 valence electrons. The van der Waals surface area contributed by atoms with Crippen LogP contribution in [0.25, 0.3) is 0 Å². The molecule has 2 nitrogen and oxygen atoms in total. The lowest BCUT2D eigenvalue weighted by atomic mass is 10.3. The molecule has 0 radical (unpaired) electrons. The molecule has 0 aromatic carbocycles. The maximum Gasteiger partial charge on any atom is 0.0462 e. The van der Waals surface area contributed by atoms with E-state index in [2.05, 4.69) is 5.32 Å². The van der Waals surface area contributed by atoms with Gasteiger partial charge in [0.05, 0.1) is 0 Å². The van der Waals surface area contributed by atoms with E-state index in [0.29, 0.717) is 11.6 Å². The van der Waals surface area contributed by atoms with E-state index in [4.69, 9.17) is 27.9 Å². The summed E-state index contributed by atoms with van der Waals surface area (Å²) in [5.74, 6) is 0. The average molecular weight is 212 g/mol. The number of hydrogen-bond donors (Lipinski definition) is 1. The molecule has 0 saturated heterocycles. The van der Waals surface area contributed by atoms with E-state index in [1.807, 2.05) is 0 Å². The standard InChI is InChI=1S/C8H15Cl2NO/c1-12-5-3-2-4-11-7-8(10)6-9/h6,11H,2-5,7H2,1H3. The van der Waals surface area contributed by atoms with Crippen LogP contribution in [0.5, 0.6) is 0 Å². The minimum absolute atomic E-state index is 0.642. The molecule has 0 heterocycles. The highest BCUT2D eigenvalue weighted by Gasteiger charge is 1.91. The van der Waals surface area contributed by atoms with Crippen molar-refractivity contribution in [1.29, 1.82) is 0 Å². The Balaban J connectivity index is 3.00. The van der Waals surface area contributed by atoms with Crippen molar-refractivity contribution in [2.75, 3.05) is 26.8 Å². The van der Waals surface area contributed by atoms with Gasteiger partial charge in [-0.1, -0.05) is 23.2 Å². The van der Waals surface area contributed by atoms with E-state index in [1.54, 1.807) is 7.11 Å². The number of halogens is 2. The van der Waals surface area contributed by atoms with Crippen LogP contribution in [0.2, 0.25) is 0 Å². The molecule has 0 unspecified atom stereocenters. The summed E-state index contributed by atoms with van der Waals surface area (Å²) >= 11 is 11.0. The van der Waals surface area contributed by atoms with Crippen molar-refractivity contribution in [3.63, 3.8) is 0 Å². The highest BCUT2D eigenvalue weighted by molar-refractivity contribution is 6.36. The Morgan fingerprint density at radius 2 is 2.25 bits per heavy atom. The zero-order valence-corrected chi connectivity index (χ0v) is 8.79. The number of methoxy groups -OCH3 is 1. The van der Waals surface area contributed by atoms with Gasteiger partial charge in [-0.25, -0.2) is 0 Å². The second-order valence-electron chi connectivity index (χ2n) is 2.43. The number of rotatable bonds is 7. The number of unbranched alkanes of at least 4 members (excludes halogenated alkanes) is 1. The molecule has 0 aliphatic carbocycles. The number of hydrogen-bond acceptors (Lipinski definition) is 2. The third-order valence-electron chi connectivity index (χ3n) is 1.36. The second kappa shape index (κ2) is 9.33. The van der Waals surface area contributed by atoms with Crippen molar-refractivity contribution in [3.05, 3.63) is 10.6 Å². The monoisotopic (exact) mass is 211 g/mol. The van der Waals surface area contributed by atoms with E-state index >= 15 is 0 Å². The first-order chi connectivity index (χ1) is 5.81. The maximum atomic E-state index is 5.65. The summed E-state index contributed by atoms with van der Waals surface area (Å²) in [6.07, 6.45) is 2.17. The zero-order valence-electron chi connectivity index (χ0n) is 7.28. The molecule has 0 aliphatic rings. The Bertz CT molecular complexity index is 128. The molecule has 0 spiro atoms. The van der Waals surface area contributed by atoms with Crippen molar-refractivity contribution >= 4 is 23.2 Å². The Kier molecular flexibility index (Phi) is 9.52. The molecule has 0 fully saturated rings. The van der Waals surface area contributed by atoms with Gasteiger partial charge in [0.1, 0.15) is 0 Å². The molecule has 0 saturated carbocycles. The van der Waals surface area contributed by atoms with Crippen molar-refractivity contribution in [3.8, 4) is 0 Å². The van der Waals surface area contributed by atoms with Crippen LogP contribution < -0.4 is 5.32 Å². The molecule has 0 aromatic heterocycles. The molecular formula is C8H15Cl2NO. The summed E-state index contributed by atoms with van der Waals surface area (Å²) in [4.78, 5) is 0. The van der Waals surface area contributed by atoms with E-state index in [0.717, 1.165) is 26.0 Å². The highest BCUT2D eigenvalue weighted by atomic mass is 35.5. The van der Waals surface area contributed by atoms with E-state index in [1.165, 1.54) is 5.54 Å². The van der Waals surface area contributed by atoms with E-state index in [9.17, 15) is 0 Å². The van der Waals surface area contributed by atoms with Gasteiger partial charge in [0, 0.05) is 30.8 Å². The zero-order chi connectivity index (χ0) is 9.23. The third-order valence-corrected chi connectivity index (χ3v) is 1.98. The predicted octanol–water partition coefficient (Wildman–Crippen LogP) is 2.32. The molecule has 0 aromatic rings. The lowest BCUT2D eigenvalue weighted by Crippen LogP contribution is -2.17. The SMILES string of the molecule is COCCCCNCC(Cl)=CCl. The molecule has 0 aliphatic heterocycles. The molecule has 0 rings (SSSR count). The Morgan fingerprint density at radius 1 is 1.50 bits per heavy atom. The summed E-state index contributed by atoms with van der Waals surface area (Å²) in [5.41, 5.74) is 1.38. The van der Waals surface area contributed by atoms with E-state index in [-0.39, 0.29) is 0 Å². The lowest BCUT2D eigenvalue weighted by molar-refractivity contribution is 0.193. The van der Waals surface area contributed by atoms with Gasteiger partial charge < -0.3 is 10.1 Å². The van der Waals surface area contributed by atoms with Crippen LogP contribution in [0.1, 0.15) is 12.8 Å². The largest absolute Gasteiger partial charge is 0.385 e. The Hall–Kier alpha value is 0.240. The van der Waals surface area contributed by atoms with Crippen LogP contribution in [0.4, 0.5) is 0 Å². The number of ether oxygens (including phenoxy) is 1. The Labute approximate surface area is 83.9 Å². The molecule has 4 heteroatoms. The number of nitrogens with one attached hydrogen (secondary N) is 1. The third kappa shape index (κ3) is 8.34. The highest BCUT2D eigenvalue weighted by Crippen LogP contribution is 2.00. The van der Waals surface area contributed by atoms with Crippen LogP contribution >= 0.6 is 23.2 Å². The van der Waals surface area contributed by atoms with Crippen LogP contribution in [-0.2, 0) is 4.74 Å². The lowest BCUT2D eigenvalue weighted by Gasteiger charge is -2.02. The first-order valence-corrected chi connectivity index (χ1v) is 4.77. The summed E-state index contributed by atoms with van der Waals surface area (Å²) in [5, 5.41) is 3.80. The van der Waals surface area contributed by atoms with Gasteiger partial charge in [-0.3, -0.25) is 0 Å². The van der Waals surface area contributed by atoms with Crippen LogP contribution in [-0.4, -0.2) is 26.8 Å². The predicted molar refractivity (Wildman–Crippen MR) is 53.8 cm³/mol. The molecular weight excluding hydrogens is 197 g/mol. The van der Waals surface area contributed by atoms with Crippen molar-refractivity contribution in [1.82, 2.24) is 5.32 Å². The minimum atomic E-state index is 0.642. The quantitative estimate of drug-likeness (QED) is 0.654. The van der Waals surface area contributed by atoms with Gasteiger partial charge in [-0.15, -0.1) is 0 Å². The summed E-state index contributed by atoms with van der Waals surface area (Å²) in [7, 11) is 1.71. The summed E-state index contributed by atoms with van der Waals surface area (Å²) in [6, 6.07) is 0. The first-order valence-electron chi connectivity index (χ1n) is 3.95. The molecule has 1 N–H and O–H groups in total. The van der Waals surface area contributed by atoms with Crippen molar-refractivity contribution < 1.29 is 4.74 Å². The van der Waals surface area contributed by atoms with Crippen LogP contribution in [0.15, 0.2) is 10.6 Å². The van der Waals surface area contributed by atoms with Gasteiger partial charge >= 0.3 is 0 Å². The fourth-order valence-corrected chi connectivity index (χ4v) is 0.914. The fourth-order valence-electron chi connectivity index (χ4n) is 0.743. The molecule has 0 bridgehead atoms. The van der Waals surface area contributed by atoms with Gasteiger partial charge in [-0.05, 0) is 19.4 Å². The van der Waals surface area contributed by atoms with E-state index < -0.39 is 0 Å². The normalized spacial score (nSPS) is 12.1. The van der Waals surface area contributed by atoms with Gasteiger partial charge in [0.15, 0.2) is 0 Å². The van der Waals surface area contributed by atoms with Crippen molar-refractivity contribution in [2.24, 2.45) is 0 Å². The van der Waals surface area contributed by atoms with Crippen LogP contribution in [0.3, 0.4) is 0 Å². The minimum Gasteiger partial charge on any atom is -0.385 e. The molecule has 12 heavy (non-hydrogen) atoms. The summed E-state index contributed by atoms with van der Waals surface area (Å²) in [6.45, 7) is 2.42. The van der Waals surface area contributed by atoms with Crippen molar-refractivity contribution in [2.45, 2.75) is 12.8 Å². The van der Waals surface area contributed by atoms with Gasteiger partial charge in [0.2, 0.25) is 0 Å².